The fourth-order valence-corrected chi connectivity index (χ4v) is 3.69. The van der Waals surface area contributed by atoms with E-state index in [-0.39, 0.29) is 11.1 Å². The molecule has 0 bridgehead atoms. The third-order valence-corrected chi connectivity index (χ3v) is 5.49. The number of aromatic nitrogens is 1. The fraction of sp³-hybridized carbons (Fsp3) is 0.304. The number of nitrogens with zero attached hydrogens (tertiary/aromatic N) is 1. The number of pyridine rings is 1. The van der Waals surface area contributed by atoms with Gasteiger partial charge in [-0.1, -0.05) is 37.3 Å². The van der Waals surface area contributed by atoms with Crippen molar-refractivity contribution in [2.45, 2.75) is 26.3 Å². The van der Waals surface area contributed by atoms with E-state index in [1.807, 2.05) is 48.5 Å². The molecule has 5 heteroatoms. The largest absolute Gasteiger partial charge is 0.322 e. The van der Waals surface area contributed by atoms with E-state index in [0.29, 0.717) is 5.69 Å². The van der Waals surface area contributed by atoms with Gasteiger partial charge in [-0.2, -0.15) is 0 Å². The molecule has 1 aliphatic heterocycles. The Bertz CT molecular complexity index is 1030. The van der Waals surface area contributed by atoms with Crippen LogP contribution in [0, 0.1) is 5.92 Å². The number of benzene rings is 2. The van der Waals surface area contributed by atoms with Crippen molar-refractivity contribution >= 4 is 22.5 Å². The monoisotopic (exact) mass is 375 g/mol. The number of piperidine rings is 1. The number of fused-ring (bicyclic) bond motifs is 1. The van der Waals surface area contributed by atoms with Crippen molar-refractivity contribution in [1.29, 1.82) is 0 Å². The number of carbonyl (C=O) groups is 1. The SMILES string of the molecule is CC1CCN(Cc2ccc(NC(=O)c3cc4ccccc4[nH]c3=O)cc2)CC1. The summed E-state index contributed by atoms with van der Waals surface area (Å²) in [5, 5.41) is 3.66. The molecule has 0 unspecified atom stereocenters. The Balaban J connectivity index is 1.43. The van der Waals surface area contributed by atoms with E-state index in [2.05, 4.69) is 22.1 Å². The molecule has 0 spiro atoms. The van der Waals surface area contributed by atoms with Crippen LogP contribution in [0.4, 0.5) is 5.69 Å². The summed E-state index contributed by atoms with van der Waals surface area (Å²) in [5.41, 5.74) is 2.38. The molecule has 1 fully saturated rings. The number of anilines is 1. The summed E-state index contributed by atoms with van der Waals surface area (Å²) in [5.74, 6) is 0.428. The number of aromatic amines is 1. The second-order valence-corrected chi connectivity index (χ2v) is 7.71. The van der Waals surface area contributed by atoms with Crippen LogP contribution in [-0.2, 0) is 6.54 Å². The van der Waals surface area contributed by atoms with Crippen LogP contribution < -0.4 is 10.9 Å². The average molecular weight is 375 g/mol. The number of hydrogen-bond acceptors (Lipinski definition) is 3. The van der Waals surface area contributed by atoms with Gasteiger partial charge in [-0.25, -0.2) is 0 Å². The molecule has 144 valence electrons. The number of hydrogen-bond donors (Lipinski definition) is 2. The molecule has 3 aromatic rings. The number of likely N-dealkylation sites (tertiary alicyclic amines) is 1. The van der Waals surface area contributed by atoms with Gasteiger partial charge in [0.2, 0.25) is 0 Å². The molecule has 1 aromatic heterocycles. The predicted octanol–water partition coefficient (Wildman–Crippen LogP) is 4.01. The third-order valence-electron chi connectivity index (χ3n) is 5.49. The number of para-hydroxylation sites is 1. The Morgan fingerprint density at radius 1 is 1.11 bits per heavy atom. The van der Waals surface area contributed by atoms with Crippen LogP contribution in [0.1, 0.15) is 35.7 Å². The van der Waals surface area contributed by atoms with Crippen molar-refractivity contribution < 1.29 is 4.79 Å². The van der Waals surface area contributed by atoms with Gasteiger partial charge in [-0.3, -0.25) is 14.5 Å². The maximum absolute atomic E-state index is 12.6. The molecule has 5 nitrogen and oxygen atoms in total. The normalized spacial score (nSPS) is 15.6. The molecule has 0 radical (unpaired) electrons. The molecule has 2 N–H and O–H groups in total. The summed E-state index contributed by atoms with van der Waals surface area (Å²) in [6.45, 7) is 5.54. The standard InChI is InChI=1S/C23H25N3O2/c1-16-10-12-26(13-11-16)15-17-6-8-19(9-7-17)24-22(27)20-14-18-4-2-3-5-21(18)25-23(20)28/h2-9,14,16H,10-13,15H2,1H3,(H,24,27)(H,25,28). The molecule has 4 rings (SSSR count). The van der Waals surface area contributed by atoms with E-state index in [0.717, 1.165) is 36.5 Å². The Hall–Kier alpha value is -2.92. The third kappa shape index (κ3) is 4.15. The highest BCUT2D eigenvalue weighted by atomic mass is 16.2. The number of H-pyrrole nitrogens is 1. The van der Waals surface area contributed by atoms with Crippen LogP contribution in [0.2, 0.25) is 0 Å². The zero-order chi connectivity index (χ0) is 19.5. The number of carbonyl (C=O) groups excluding carboxylic acids is 1. The molecule has 0 atom stereocenters. The van der Waals surface area contributed by atoms with E-state index in [9.17, 15) is 9.59 Å². The van der Waals surface area contributed by atoms with Gasteiger partial charge in [0.15, 0.2) is 0 Å². The lowest BCUT2D eigenvalue weighted by atomic mass is 9.99. The number of nitrogens with one attached hydrogen (secondary N) is 2. The van der Waals surface area contributed by atoms with E-state index in [4.69, 9.17) is 0 Å². The second-order valence-electron chi connectivity index (χ2n) is 7.71. The fourth-order valence-electron chi connectivity index (χ4n) is 3.69. The molecule has 0 aliphatic carbocycles. The molecule has 28 heavy (non-hydrogen) atoms. The lowest BCUT2D eigenvalue weighted by Gasteiger charge is -2.30. The summed E-state index contributed by atoms with van der Waals surface area (Å²) in [6, 6.07) is 16.9. The van der Waals surface area contributed by atoms with Gasteiger partial charge in [-0.05, 0) is 67.1 Å². The number of amides is 1. The molecule has 2 heterocycles. The summed E-state index contributed by atoms with van der Waals surface area (Å²) in [4.78, 5) is 30.0. The van der Waals surface area contributed by atoms with E-state index in [1.54, 1.807) is 6.07 Å². The van der Waals surface area contributed by atoms with E-state index in [1.165, 1.54) is 18.4 Å². The van der Waals surface area contributed by atoms with Crippen LogP contribution >= 0.6 is 0 Å². The summed E-state index contributed by atoms with van der Waals surface area (Å²) in [7, 11) is 0. The van der Waals surface area contributed by atoms with Crippen molar-refractivity contribution in [3.8, 4) is 0 Å². The highest BCUT2D eigenvalue weighted by molar-refractivity contribution is 6.05. The topological polar surface area (TPSA) is 65.2 Å². The Morgan fingerprint density at radius 3 is 2.57 bits per heavy atom. The first-order chi connectivity index (χ1) is 13.6. The molecule has 1 amide bonds. The minimum atomic E-state index is -0.398. The summed E-state index contributed by atoms with van der Waals surface area (Å²) in [6.07, 6.45) is 2.52. The van der Waals surface area contributed by atoms with Gasteiger partial charge in [0.05, 0.1) is 0 Å². The highest BCUT2D eigenvalue weighted by Crippen LogP contribution is 2.19. The lowest BCUT2D eigenvalue weighted by Crippen LogP contribution is -2.32. The van der Waals surface area contributed by atoms with Crippen molar-refractivity contribution in [2.75, 3.05) is 18.4 Å². The van der Waals surface area contributed by atoms with Gasteiger partial charge in [-0.15, -0.1) is 0 Å². The molecule has 2 aromatic carbocycles. The van der Waals surface area contributed by atoms with Crippen molar-refractivity contribution in [2.24, 2.45) is 5.92 Å². The van der Waals surface area contributed by atoms with Crippen LogP contribution in [-0.4, -0.2) is 28.9 Å². The summed E-state index contributed by atoms with van der Waals surface area (Å²) >= 11 is 0. The van der Waals surface area contributed by atoms with Gasteiger partial charge in [0.25, 0.3) is 11.5 Å². The molecule has 0 saturated carbocycles. The van der Waals surface area contributed by atoms with Crippen molar-refractivity contribution in [3.05, 3.63) is 76.1 Å². The zero-order valence-corrected chi connectivity index (χ0v) is 16.1. The van der Waals surface area contributed by atoms with Gasteiger partial charge in [0, 0.05) is 17.7 Å². The Labute approximate surface area is 164 Å². The minimum Gasteiger partial charge on any atom is -0.322 e. The van der Waals surface area contributed by atoms with Crippen LogP contribution in [0.5, 0.6) is 0 Å². The van der Waals surface area contributed by atoms with E-state index >= 15 is 0 Å². The predicted molar refractivity (Wildman–Crippen MR) is 113 cm³/mol. The molecular weight excluding hydrogens is 350 g/mol. The maximum Gasteiger partial charge on any atom is 0.261 e. The van der Waals surface area contributed by atoms with Gasteiger partial charge >= 0.3 is 0 Å². The first-order valence-corrected chi connectivity index (χ1v) is 9.83. The minimum absolute atomic E-state index is 0.116. The van der Waals surface area contributed by atoms with Crippen LogP contribution in [0.15, 0.2) is 59.4 Å². The first kappa shape index (κ1) is 18.4. The second kappa shape index (κ2) is 7.98. The molecule has 1 aliphatic rings. The maximum atomic E-state index is 12.6. The highest BCUT2D eigenvalue weighted by Gasteiger charge is 2.16. The van der Waals surface area contributed by atoms with Crippen molar-refractivity contribution in [3.63, 3.8) is 0 Å². The van der Waals surface area contributed by atoms with Gasteiger partial charge in [0.1, 0.15) is 5.56 Å². The quantitative estimate of drug-likeness (QED) is 0.724. The first-order valence-electron chi connectivity index (χ1n) is 9.83. The number of rotatable bonds is 4. The Morgan fingerprint density at radius 2 is 1.82 bits per heavy atom. The van der Waals surface area contributed by atoms with Crippen LogP contribution in [0.25, 0.3) is 10.9 Å². The molecule has 1 saturated heterocycles. The van der Waals surface area contributed by atoms with Gasteiger partial charge < -0.3 is 10.3 Å². The lowest BCUT2D eigenvalue weighted by molar-refractivity contribution is 0.102. The van der Waals surface area contributed by atoms with Crippen molar-refractivity contribution in [1.82, 2.24) is 9.88 Å². The molecular formula is C23H25N3O2. The average Bonchev–Trinajstić information content (AvgIpc) is 2.70. The smallest absolute Gasteiger partial charge is 0.261 e. The summed E-state index contributed by atoms with van der Waals surface area (Å²) < 4.78 is 0. The zero-order valence-electron chi connectivity index (χ0n) is 16.1. The Kier molecular flexibility index (Phi) is 5.26. The van der Waals surface area contributed by atoms with Crippen LogP contribution in [0.3, 0.4) is 0 Å². The van der Waals surface area contributed by atoms with E-state index < -0.39 is 5.91 Å².